The van der Waals surface area contributed by atoms with Crippen LogP contribution in [0.15, 0.2) is 0 Å². The molecular weight excluding hydrogens is 222 g/mol. The Bertz CT molecular complexity index is 208. The molecule has 1 fully saturated rings. The first-order valence-corrected chi connectivity index (χ1v) is 6.13. The van der Waals surface area contributed by atoms with Gasteiger partial charge in [0.1, 0.15) is 0 Å². The van der Waals surface area contributed by atoms with Gasteiger partial charge in [-0.3, -0.25) is 4.90 Å². The molecule has 2 N–H and O–H groups in total. The maximum atomic E-state index is 11.3. The number of amides is 2. The minimum absolute atomic E-state index is 0.102. The van der Waals surface area contributed by atoms with E-state index in [2.05, 4.69) is 15.5 Å². The van der Waals surface area contributed by atoms with Gasteiger partial charge in [0.15, 0.2) is 0 Å². The molecule has 0 bridgehead atoms. The third-order valence-corrected chi connectivity index (χ3v) is 2.63. The lowest BCUT2D eigenvalue weighted by atomic mass is 10.4. The van der Waals surface area contributed by atoms with Gasteiger partial charge >= 0.3 is 6.03 Å². The van der Waals surface area contributed by atoms with Crippen LogP contribution in [0.3, 0.4) is 0 Å². The monoisotopic (exact) mass is 245 g/mol. The Morgan fingerprint density at radius 3 is 2.71 bits per heavy atom. The zero-order valence-corrected chi connectivity index (χ0v) is 10.5. The standard InChI is InChI=1S/C11H23N3O3/c1-16-8-2-3-12-11(15)13-4-5-14-6-9-17-10-7-14/h2-10H2,1H3,(H2,12,13,15). The number of nitrogens with one attached hydrogen (secondary N) is 2. The summed E-state index contributed by atoms with van der Waals surface area (Å²) in [6.07, 6.45) is 0.841. The minimum atomic E-state index is -0.102. The molecule has 0 saturated carbocycles. The van der Waals surface area contributed by atoms with Crippen LogP contribution in [-0.2, 0) is 9.47 Å². The largest absolute Gasteiger partial charge is 0.385 e. The number of hydrogen-bond acceptors (Lipinski definition) is 4. The van der Waals surface area contributed by atoms with E-state index in [1.165, 1.54) is 0 Å². The van der Waals surface area contributed by atoms with E-state index in [1.54, 1.807) is 7.11 Å². The Hall–Kier alpha value is -0.850. The Labute approximate surface area is 103 Å². The first-order valence-electron chi connectivity index (χ1n) is 6.13. The van der Waals surface area contributed by atoms with E-state index in [-0.39, 0.29) is 6.03 Å². The van der Waals surface area contributed by atoms with Crippen molar-refractivity contribution in [3.63, 3.8) is 0 Å². The fourth-order valence-corrected chi connectivity index (χ4v) is 1.63. The molecule has 17 heavy (non-hydrogen) atoms. The van der Waals surface area contributed by atoms with E-state index >= 15 is 0 Å². The average Bonchev–Trinajstić information content (AvgIpc) is 2.36. The quantitative estimate of drug-likeness (QED) is 0.602. The molecule has 0 atom stereocenters. The first-order chi connectivity index (χ1) is 8.33. The fourth-order valence-electron chi connectivity index (χ4n) is 1.63. The lowest BCUT2D eigenvalue weighted by Gasteiger charge is -2.26. The highest BCUT2D eigenvalue weighted by molar-refractivity contribution is 5.73. The van der Waals surface area contributed by atoms with Crippen LogP contribution in [0, 0.1) is 0 Å². The van der Waals surface area contributed by atoms with Gasteiger partial charge in [-0.2, -0.15) is 0 Å². The number of methoxy groups -OCH3 is 1. The van der Waals surface area contributed by atoms with E-state index in [0.29, 0.717) is 19.7 Å². The highest BCUT2D eigenvalue weighted by Gasteiger charge is 2.09. The summed E-state index contributed by atoms with van der Waals surface area (Å²) >= 11 is 0. The molecule has 0 aromatic rings. The van der Waals surface area contributed by atoms with Crippen molar-refractivity contribution < 1.29 is 14.3 Å². The van der Waals surface area contributed by atoms with Crippen LogP contribution >= 0.6 is 0 Å². The van der Waals surface area contributed by atoms with Crippen molar-refractivity contribution in [2.75, 3.05) is 59.7 Å². The second-order valence-electron chi connectivity index (χ2n) is 3.98. The number of morpholine rings is 1. The van der Waals surface area contributed by atoms with Gasteiger partial charge in [0.05, 0.1) is 13.2 Å². The zero-order valence-electron chi connectivity index (χ0n) is 10.5. The Kier molecular flexibility index (Phi) is 7.70. The van der Waals surface area contributed by atoms with Crippen LogP contribution in [-0.4, -0.2) is 70.6 Å². The van der Waals surface area contributed by atoms with Gasteiger partial charge < -0.3 is 20.1 Å². The molecule has 0 aromatic carbocycles. The molecule has 0 unspecified atom stereocenters. The Balaban J connectivity index is 1.92. The fraction of sp³-hybridized carbons (Fsp3) is 0.909. The van der Waals surface area contributed by atoms with Gasteiger partial charge in [-0.05, 0) is 6.42 Å². The van der Waals surface area contributed by atoms with Crippen molar-refractivity contribution in [3.8, 4) is 0 Å². The van der Waals surface area contributed by atoms with Crippen molar-refractivity contribution in [3.05, 3.63) is 0 Å². The second kappa shape index (κ2) is 9.21. The molecule has 0 aromatic heterocycles. The molecule has 1 aliphatic heterocycles. The number of carbonyl (C=O) groups is 1. The SMILES string of the molecule is COCCCNC(=O)NCCN1CCOCC1. The third-order valence-electron chi connectivity index (χ3n) is 2.63. The van der Waals surface area contributed by atoms with Gasteiger partial charge in [0.2, 0.25) is 0 Å². The van der Waals surface area contributed by atoms with Crippen molar-refractivity contribution in [2.45, 2.75) is 6.42 Å². The summed E-state index contributed by atoms with van der Waals surface area (Å²) < 4.78 is 10.1. The smallest absolute Gasteiger partial charge is 0.314 e. The summed E-state index contributed by atoms with van der Waals surface area (Å²) in [6, 6.07) is -0.102. The van der Waals surface area contributed by atoms with E-state index < -0.39 is 0 Å². The molecule has 2 amide bonds. The zero-order chi connectivity index (χ0) is 12.3. The average molecular weight is 245 g/mol. The van der Waals surface area contributed by atoms with Crippen LogP contribution < -0.4 is 10.6 Å². The molecule has 1 aliphatic rings. The van der Waals surface area contributed by atoms with Gasteiger partial charge in [0, 0.05) is 46.4 Å². The van der Waals surface area contributed by atoms with Crippen LogP contribution in [0.4, 0.5) is 4.79 Å². The first kappa shape index (κ1) is 14.2. The predicted octanol–water partition coefficient (Wildman–Crippen LogP) is -0.346. The second-order valence-corrected chi connectivity index (χ2v) is 3.98. The third kappa shape index (κ3) is 7.14. The minimum Gasteiger partial charge on any atom is -0.385 e. The van der Waals surface area contributed by atoms with E-state index in [1.807, 2.05) is 0 Å². The normalized spacial score (nSPS) is 16.8. The van der Waals surface area contributed by atoms with Crippen LogP contribution in [0.25, 0.3) is 0 Å². The summed E-state index contributed by atoms with van der Waals surface area (Å²) in [5.41, 5.74) is 0. The van der Waals surface area contributed by atoms with E-state index in [4.69, 9.17) is 9.47 Å². The van der Waals surface area contributed by atoms with Gasteiger partial charge in [-0.15, -0.1) is 0 Å². The number of urea groups is 1. The number of ether oxygens (including phenoxy) is 2. The van der Waals surface area contributed by atoms with Crippen LogP contribution in [0.2, 0.25) is 0 Å². The number of hydrogen-bond donors (Lipinski definition) is 2. The summed E-state index contributed by atoms with van der Waals surface area (Å²) in [7, 11) is 1.66. The molecule has 6 nitrogen and oxygen atoms in total. The Morgan fingerprint density at radius 2 is 2.00 bits per heavy atom. The van der Waals surface area contributed by atoms with Crippen molar-refractivity contribution in [2.24, 2.45) is 0 Å². The molecule has 0 aliphatic carbocycles. The van der Waals surface area contributed by atoms with Crippen molar-refractivity contribution >= 4 is 6.03 Å². The molecule has 1 rings (SSSR count). The van der Waals surface area contributed by atoms with Gasteiger partial charge in [0.25, 0.3) is 0 Å². The highest BCUT2D eigenvalue weighted by atomic mass is 16.5. The summed E-state index contributed by atoms with van der Waals surface area (Å²) in [5.74, 6) is 0. The maximum absolute atomic E-state index is 11.3. The van der Waals surface area contributed by atoms with Crippen molar-refractivity contribution in [1.82, 2.24) is 15.5 Å². The van der Waals surface area contributed by atoms with Gasteiger partial charge in [-0.25, -0.2) is 4.79 Å². The molecule has 1 saturated heterocycles. The Morgan fingerprint density at radius 1 is 1.29 bits per heavy atom. The summed E-state index contributed by atoms with van der Waals surface area (Å²) in [5, 5.41) is 5.62. The molecule has 6 heteroatoms. The molecule has 100 valence electrons. The maximum Gasteiger partial charge on any atom is 0.314 e. The predicted molar refractivity (Wildman–Crippen MR) is 65.2 cm³/mol. The summed E-state index contributed by atoms with van der Waals surface area (Å²) in [4.78, 5) is 13.6. The van der Waals surface area contributed by atoms with Crippen LogP contribution in [0.5, 0.6) is 0 Å². The molecule has 0 spiro atoms. The summed E-state index contributed by atoms with van der Waals surface area (Å²) in [6.45, 7) is 6.39. The van der Waals surface area contributed by atoms with Crippen molar-refractivity contribution in [1.29, 1.82) is 0 Å². The van der Waals surface area contributed by atoms with E-state index in [9.17, 15) is 4.79 Å². The number of rotatable bonds is 7. The highest BCUT2D eigenvalue weighted by Crippen LogP contribution is 1.94. The lowest BCUT2D eigenvalue weighted by Crippen LogP contribution is -2.43. The number of nitrogens with zero attached hydrogens (tertiary/aromatic N) is 1. The van der Waals surface area contributed by atoms with Crippen LogP contribution in [0.1, 0.15) is 6.42 Å². The lowest BCUT2D eigenvalue weighted by molar-refractivity contribution is 0.0387. The molecular formula is C11H23N3O3. The molecule has 0 radical (unpaired) electrons. The number of carbonyl (C=O) groups excluding carboxylic acids is 1. The van der Waals surface area contributed by atoms with Gasteiger partial charge in [-0.1, -0.05) is 0 Å². The topological polar surface area (TPSA) is 62.8 Å². The van der Waals surface area contributed by atoms with E-state index in [0.717, 1.165) is 39.3 Å². The molecule has 1 heterocycles.